The molecule has 0 spiro atoms. The van der Waals surface area contributed by atoms with Crippen LogP contribution >= 0.6 is 0 Å². The first kappa shape index (κ1) is 13.1. The SMILES string of the molecule is CCCCCOCC(=O)CCC(=O)O. The molecule has 0 radical (unpaired) electrons. The highest BCUT2D eigenvalue weighted by Crippen LogP contribution is 1.96. The van der Waals surface area contributed by atoms with E-state index in [1.807, 2.05) is 0 Å². The number of carbonyl (C=O) groups is 2. The summed E-state index contributed by atoms with van der Waals surface area (Å²) in [5.41, 5.74) is 0. The summed E-state index contributed by atoms with van der Waals surface area (Å²) >= 11 is 0. The van der Waals surface area contributed by atoms with Gasteiger partial charge in [-0.1, -0.05) is 19.8 Å². The minimum Gasteiger partial charge on any atom is -0.481 e. The van der Waals surface area contributed by atoms with Crippen molar-refractivity contribution < 1.29 is 19.4 Å². The number of hydrogen-bond acceptors (Lipinski definition) is 3. The van der Waals surface area contributed by atoms with Crippen molar-refractivity contribution in [3.05, 3.63) is 0 Å². The molecule has 82 valence electrons. The van der Waals surface area contributed by atoms with Gasteiger partial charge in [0.25, 0.3) is 0 Å². The van der Waals surface area contributed by atoms with Crippen LogP contribution in [0.5, 0.6) is 0 Å². The molecule has 0 aliphatic carbocycles. The molecular weight excluding hydrogens is 184 g/mol. The quantitative estimate of drug-likeness (QED) is 0.577. The molecule has 14 heavy (non-hydrogen) atoms. The van der Waals surface area contributed by atoms with Gasteiger partial charge in [0, 0.05) is 13.0 Å². The summed E-state index contributed by atoms with van der Waals surface area (Å²) in [6.07, 6.45) is 3.16. The van der Waals surface area contributed by atoms with Crippen LogP contribution < -0.4 is 0 Å². The molecule has 0 atom stereocenters. The van der Waals surface area contributed by atoms with Gasteiger partial charge in [0.1, 0.15) is 6.61 Å². The van der Waals surface area contributed by atoms with Crippen molar-refractivity contribution in [1.82, 2.24) is 0 Å². The third-order valence-corrected chi connectivity index (χ3v) is 1.77. The van der Waals surface area contributed by atoms with Crippen LogP contribution in [0.2, 0.25) is 0 Å². The van der Waals surface area contributed by atoms with Gasteiger partial charge in [-0.05, 0) is 6.42 Å². The number of unbranched alkanes of at least 4 members (excludes halogenated alkanes) is 2. The Morgan fingerprint density at radius 2 is 1.93 bits per heavy atom. The molecule has 0 aromatic rings. The molecule has 0 aliphatic rings. The second-order valence-corrected chi connectivity index (χ2v) is 3.19. The molecule has 0 bridgehead atoms. The van der Waals surface area contributed by atoms with Crippen molar-refractivity contribution in [2.45, 2.75) is 39.0 Å². The first-order chi connectivity index (χ1) is 6.66. The zero-order valence-electron chi connectivity index (χ0n) is 8.62. The fourth-order valence-electron chi connectivity index (χ4n) is 0.959. The number of ketones is 1. The van der Waals surface area contributed by atoms with Crippen molar-refractivity contribution in [3.63, 3.8) is 0 Å². The van der Waals surface area contributed by atoms with Crippen molar-refractivity contribution in [2.24, 2.45) is 0 Å². The van der Waals surface area contributed by atoms with E-state index < -0.39 is 5.97 Å². The van der Waals surface area contributed by atoms with Crippen molar-refractivity contribution >= 4 is 11.8 Å². The molecule has 4 nitrogen and oxygen atoms in total. The molecule has 0 saturated carbocycles. The fourth-order valence-corrected chi connectivity index (χ4v) is 0.959. The van der Waals surface area contributed by atoms with Gasteiger partial charge in [0.15, 0.2) is 5.78 Å². The van der Waals surface area contributed by atoms with Crippen LogP contribution in [0.25, 0.3) is 0 Å². The Balaban J connectivity index is 3.22. The second-order valence-electron chi connectivity index (χ2n) is 3.19. The molecule has 0 heterocycles. The third kappa shape index (κ3) is 9.19. The van der Waals surface area contributed by atoms with E-state index in [0.29, 0.717) is 6.61 Å². The smallest absolute Gasteiger partial charge is 0.303 e. The molecule has 0 aliphatic heterocycles. The minimum atomic E-state index is -0.940. The summed E-state index contributed by atoms with van der Waals surface area (Å²) in [4.78, 5) is 21.1. The maximum absolute atomic E-state index is 11.0. The summed E-state index contributed by atoms with van der Waals surface area (Å²) in [5, 5.41) is 8.31. The fraction of sp³-hybridized carbons (Fsp3) is 0.800. The van der Waals surface area contributed by atoms with E-state index in [-0.39, 0.29) is 25.2 Å². The Morgan fingerprint density at radius 3 is 2.50 bits per heavy atom. The number of Topliss-reactive ketones (excluding diaryl/α,β-unsaturated/α-hetero) is 1. The molecule has 0 aromatic carbocycles. The normalized spacial score (nSPS) is 10.1. The van der Waals surface area contributed by atoms with E-state index in [9.17, 15) is 9.59 Å². The number of carbonyl (C=O) groups excluding carboxylic acids is 1. The van der Waals surface area contributed by atoms with Crippen LogP contribution in [-0.2, 0) is 14.3 Å². The van der Waals surface area contributed by atoms with Crippen LogP contribution in [0, 0.1) is 0 Å². The first-order valence-electron chi connectivity index (χ1n) is 4.98. The van der Waals surface area contributed by atoms with E-state index in [2.05, 4.69) is 6.92 Å². The van der Waals surface area contributed by atoms with E-state index in [1.54, 1.807) is 0 Å². The van der Waals surface area contributed by atoms with Gasteiger partial charge in [-0.3, -0.25) is 9.59 Å². The molecule has 0 amide bonds. The summed E-state index contributed by atoms with van der Waals surface area (Å²) in [6.45, 7) is 2.74. The highest BCUT2D eigenvalue weighted by atomic mass is 16.5. The average Bonchev–Trinajstić information content (AvgIpc) is 2.14. The highest BCUT2D eigenvalue weighted by molar-refractivity contribution is 5.83. The van der Waals surface area contributed by atoms with Crippen LogP contribution in [0.1, 0.15) is 39.0 Å². The monoisotopic (exact) mass is 202 g/mol. The Morgan fingerprint density at radius 1 is 1.21 bits per heavy atom. The molecule has 0 unspecified atom stereocenters. The lowest BCUT2D eigenvalue weighted by Gasteiger charge is -2.01. The molecule has 4 heteroatoms. The average molecular weight is 202 g/mol. The van der Waals surface area contributed by atoms with Crippen LogP contribution in [-0.4, -0.2) is 30.1 Å². The van der Waals surface area contributed by atoms with Gasteiger partial charge in [-0.2, -0.15) is 0 Å². The molecule has 0 aromatic heterocycles. The molecular formula is C10H18O4. The van der Waals surface area contributed by atoms with Crippen molar-refractivity contribution in [3.8, 4) is 0 Å². The standard InChI is InChI=1S/C10H18O4/c1-2-3-4-7-14-8-9(11)5-6-10(12)13/h2-8H2,1H3,(H,12,13). The number of aliphatic carboxylic acids is 1. The largest absolute Gasteiger partial charge is 0.481 e. The Labute approximate surface area is 84.3 Å². The number of rotatable bonds is 9. The van der Waals surface area contributed by atoms with Crippen LogP contribution in [0.15, 0.2) is 0 Å². The van der Waals surface area contributed by atoms with Crippen LogP contribution in [0.3, 0.4) is 0 Å². The maximum atomic E-state index is 11.0. The highest BCUT2D eigenvalue weighted by Gasteiger charge is 2.04. The topological polar surface area (TPSA) is 63.6 Å². The molecule has 1 N–H and O–H groups in total. The summed E-state index contributed by atoms with van der Waals surface area (Å²) in [7, 11) is 0. The number of hydrogen-bond donors (Lipinski definition) is 1. The lowest BCUT2D eigenvalue weighted by atomic mass is 10.2. The predicted molar refractivity (Wildman–Crippen MR) is 52.2 cm³/mol. The van der Waals surface area contributed by atoms with Crippen LogP contribution in [0.4, 0.5) is 0 Å². The van der Waals surface area contributed by atoms with Gasteiger partial charge in [-0.25, -0.2) is 0 Å². The summed E-state index contributed by atoms with van der Waals surface area (Å²) in [6, 6.07) is 0. The zero-order valence-corrected chi connectivity index (χ0v) is 8.62. The lowest BCUT2D eigenvalue weighted by Crippen LogP contribution is -2.11. The van der Waals surface area contributed by atoms with Gasteiger partial charge in [-0.15, -0.1) is 0 Å². The summed E-state index contributed by atoms with van der Waals surface area (Å²) in [5.74, 6) is -1.08. The van der Waals surface area contributed by atoms with E-state index in [0.717, 1.165) is 19.3 Å². The molecule has 0 rings (SSSR count). The first-order valence-corrected chi connectivity index (χ1v) is 4.98. The van der Waals surface area contributed by atoms with Crippen molar-refractivity contribution in [1.29, 1.82) is 0 Å². The van der Waals surface area contributed by atoms with Crippen molar-refractivity contribution in [2.75, 3.05) is 13.2 Å². The Kier molecular flexibility index (Phi) is 8.13. The molecule has 0 fully saturated rings. The Hall–Kier alpha value is -0.900. The zero-order chi connectivity index (χ0) is 10.8. The van der Waals surface area contributed by atoms with Gasteiger partial charge in [0.2, 0.25) is 0 Å². The number of carboxylic acids is 1. The minimum absolute atomic E-state index is 0.0526. The number of carboxylic acid groups (broad SMARTS) is 1. The maximum Gasteiger partial charge on any atom is 0.303 e. The van der Waals surface area contributed by atoms with E-state index in [1.165, 1.54) is 0 Å². The van der Waals surface area contributed by atoms with E-state index >= 15 is 0 Å². The molecule has 0 saturated heterocycles. The van der Waals surface area contributed by atoms with Gasteiger partial charge >= 0.3 is 5.97 Å². The second kappa shape index (κ2) is 8.69. The number of ether oxygens (including phenoxy) is 1. The van der Waals surface area contributed by atoms with Gasteiger partial charge < -0.3 is 9.84 Å². The lowest BCUT2D eigenvalue weighted by molar-refractivity contribution is -0.139. The summed E-state index contributed by atoms with van der Waals surface area (Å²) < 4.78 is 5.09. The van der Waals surface area contributed by atoms with E-state index in [4.69, 9.17) is 9.84 Å². The van der Waals surface area contributed by atoms with Gasteiger partial charge in [0.05, 0.1) is 6.42 Å². The predicted octanol–water partition coefficient (Wildman–Crippen LogP) is 1.63. The Bertz CT molecular complexity index is 177. The third-order valence-electron chi connectivity index (χ3n) is 1.77.